The van der Waals surface area contributed by atoms with Crippen molar-refractivity contribution in [3.8, 4) is 11.1 Å². The largest absolute Gasteiger partial charge is 0.368 e. The van der Waals surface area contributed by atoms with Crippen LogP contribution in [0.15, 0.2) is 43.1 Å². The maximum atomic E-state index is 13.3. The number of anilines is 3. The second-order valence-corrected chi connectivity index (χ2v) is 6.15. The third-order valence-corrected chi connectivity index (χ3v) is 3.92. The van der Waals surface area contributed by atoms with Crippen molar-refractivity contribution in [1.82, 2.24) is 25.3 Å². The van der Waals surface area contributed by atoms with Crippen molar-refractivity contribution in [3.63, 3.8) is 0 Å². The quantitative estimate of drug-likeness (QED) is 0.522. The lowest BCUT2D eigenvalue weighted by Gasteiger charge is -2.13. The van der Waals surface area contributed by atoms with Gasteiger partial charge in [-0.15, -0.1) is 0 Å². The fourth-order valence-electron chi connectivity index (χ4n) is 2.35. The lowest BCUT2D eigenvalue weighted by molar-refractivity contribution is -0.118. The fraction of sp³-hybridized carbons (Fsp3) is 0.167. The molecule has 0 saturated carbocycles. The Morgan fingerprint density at radius 3 is 2.68 bits per heavy atom. The summed E-state index contributed by atoms with van der Waals surface area (Å²) in [6.07, 6.45) is 6.36. The summed E-state index contributed by atoms with van der Waals surface area (Å²) in [5, 5.41) is 8.85. The van der Waals surface area contributed by atoms with Crippen molar-refractivity contribution in [1.29, 1.82) is 0 Å². The van der Waals surface area contributed by atoms with Crippen molar-refractivity contribution in [2.24, 2.45) is 0 Å². The summed E-state index contributed by atoms with van der Waals surface area (Å²) in [6, 6.07) is 4.24. The van der Waals surface area contributed by atoms with E-state index in [1.807, 2.05) is 0 Å². The normalized spacial score (nSPS) is 10.4. The average molecular weight is 402 g/mol. The molecule has 3 rings (SSSR count). The van der Waals surface area contributed by atoms with Crippen molar-refractivity contribution in [3.05, 3.63) is 54.0 Å². The van der Waals surface area contributed by atoms with Crippen LogP contribution in [0.1, 0.15) is 6.92 Å². The molecule has 0 bridgehead atoms. The summed E-state index contributed by atoms with van der Waals surface area (Å²) >= 11 is 5.81. The highest BCUT2D eigenvalue weighted by atomic mass is 35.5. The minimum atomic E-state index is -0.507. The fourth-order valence-corrected chi connectivity index (χ4v) is 2.53. The lowest BCUT2D eigenvalue weighted by atomic mass is 10.1. The van der Waals surface area contributed by atoms with Gasteiger partial charge in [0.15, 0.2) is 0 Å². The molecule has 0 atom stereocenters. The minimum Gasteiger partial charge on any atom is -0.368 e. The number of carbonyl (C=O) groups is 1. The number of hydrogen-bond donors (Lipinski definition) is 3. The van der Waals surface area contributed by atoms with E-state index in [9.17, 15) is 9.18 Å². The molecule has 144 valence electrons. The first-order valence-electron chi connectivity index (χ1n) is 8.36. The van der Waals surface area contributed by atoms with E-state index in [-0.39, 0.29) is 10.9 Å². The number of nitrogens with zero attached hydrogens (tertiary/aromatic N) is 4. The molecule has 10 heteroatoms. The zero-order chi connectivity index (χ0) is 19.9. The third-order valence-electron chi connectivity index (χ3n) is 3.63. The van der Waals surface area contributed by atoms with Crippen molar-refractivity contribution in [2.45, 2.75) is 6.92 Å². The molecule has 3 aromatic rings. The van der Waals surface area contributed by atoms with Crippen LogP contribution in [0.5, 0.6) is 0 Å². The molecule has 3 N–H and O–H groups in total. The molecule has 1 aromatic carbocycles. The van der Waals surface area contributed by atoms with Crippen LogP contribution in [0.2, 0.25) is 5.02 Å². The second kappa shape index (κ2) is 9.05. The molecule has 0 fully saturated rings. The van der Waals surface area contributed by atoms with Gasteiger partial charge in [0.1, 0.15) is 18.0 Å². The van der Waals surface area contributed by atoms with Crippen LogP contribution in [-0.4, -0.2) is 38.9 Å². The van der Waals surface area contributed by atoms with Gasteiger partial charge in [0, 0.05) is 55.4 Å². The van der Waals surface area contributed by atoms with E-state index in [1.165, 1.54) is 31.5 Å². The Bertz CT molecular complexity index is 971. The zero-order valence-corrected chi connectivity index (χ0v) is 15.7. The summed E-state index contributed by atoms with van der Waals surface area (Å²) in [6.45, 7) is 2.34. The SMILES string of the molecule is CC(=O)NCCNc1nc(Nc2ccc(F)c(Cl)c2)ncc1-c1cncnc1. The maximum Gasteiger partial charge on any atom is 0.229 e. The molecule has 0 aliphatic carbocycles. The molecular weight excluding hydrogens is 385 g/mol. The van der Waals surface area contributed by atoms with Gasteiger partial charge >= 0.3 is 0 Å². The second-order valence-electron chi connectivity index (χ2n) is 5.75. The van der Waals surface area contributed by atoms with Gasteiger partial charge in [0.25, 0.3) is 0 Å². The Kier molecular flexibility index (Phi) is 6.28. The van der Waals surface area contributed by atoms with E-state index in [4.69, 9.17) is 11.6 Å². The van der Waals surface area contributed by atoms with Gasteiger partial charge in [-0.1, -0.05) is 11.6 Å². The van der Waals surface area contributed by atoms with Crippen molar-refractivity contribution >= 4 is 35.0 Å². The Balaban J connectivity index is 1.84. The number of amides is 1. The number of benzene rings is 1. The van der Waals surface area contributed by atoms with E-state index in [0.717, 1.165) is 5.56 Å². The third kappa shape index (κ3) is 5.10. The van der Waals surface area contributed by atoms with Crippen LogP contribution in [0.3, 0.4) is 0 Å². The highest BCUT2D eigenvalue weighted by Crippen LogP contribution is 2.27. The first kappa shape index (κ1) is 19.4. The molecule has 0 saturated heterocycles. The zero-order valence-electron chi connectivity index (χ0n) is 14.9. The van der Waals surface area contributed by atoms with Crippen LogP contribution < -0.4 is 16.0 Å². The molecule has 0 aliphatic rings. The smallest absolute Gasteiger partial charge is 0.229 e. The van der Waals surface area contributed by atoms with E-state index in [1.54, 1.807) is 18.6 Å². The molecule has 2 heterocycles. The van der Waals surface area contributed by atoms with E-state index < -0.39 is 5.82 Å². The lowest BCUT2D eigenvalue weighted by Crippen LogP contribution is -2.26. The monoisotopic (exact) mass is 401 g/mol. The van der Waals surface area contributed by atoms with E-state index >= 15 is 0 Å². The van der Waals surface area contributed by atoms with Crippen LogP contribution >= 0.6 is 11.6 Å². The average Bonchev–Trinajstić information content (AvgIpc) is 2.69. The summed E-state index contributed by atoms with van der Waals surface area (Å²) in [5.41, 5.74) is 1.98. The molecule has 1 amide bonds. The van der Waals surface area contributed by atoms with Crippen LogP contribution in [0.4, 0.5) is 21.8 Å². The van der Waals surface area contributed by atoms with Crippen molar-refractivity contribution in [2.75, 3.05) is 23.7 Å². The Labute approximate surface area is 165 Å². The van der Waals surface area contributed by atoms with E-state index in [2.05, 4.69) is 35.9 Å². The number of carbonyl (C=O) groups excluding carboxylic acids is 1. The van der Waals surface area contributed by atoms with Gasteiger partial charge in [-0.3, -0.25) is 4.79 Å². The molecular formula is C18H17ClFN7O. The maximum absolute atomic E-state index is 13.3. The highest BCUT2D eigenvalue weighted by molar-refractivity contribution is 6.31. The standard InChI is InChI=1S/C18H17ClFN7O/c1-11(28)23-4-5-24-17-14(12-7-21-10-22-8-12)9-25-18(27-17)26-13-2-3-16(20)15(19)6-13/h2-3,6-10H,4-5H2,1H3,(H,23,28)(H2,24,25,26,27). The van der Waals surface area contributed by atoms with Gasteiger partial charge in [-0.05, 0) is 18.2 Å². The first-order valence-corrected chi connectivity index (χ1v) is 8.73. The van der Waals surface area contributed by atoms with Crippen molar-refractivity contribution < 1.29 is 9.18 Å². The first-order chi connectivity index (χ1) is 13.5. The number of nitrogens with one attached hydrogen (secondary N) is 3. The minimum absolute atomic E-state index is 0.00305. The topological polar surface area (TPSA) is 105 Å². The summed E-state index contributed by atoms with van der Waals surface area (Å²) < 4.78 is 13.3. The van der Waals surface area contributed by atoms with Gasteiger partial charge in [0.05, 0.1) is 5.02 Å². The number of rotatable bonds is 7. The van der Waals surface area contributed by atoms with Gasteiger partial charge in [-0.25, -0.2) is 19.3 Å². The molecule has 0 radical (unpaired) electrons. The predicted octanol–water partition coefficient (Wildman–Crippen LogP) is 3.02. The summed E-state index contributed by atoms with van der Waals surface area (Å²) in [7, 11) is 0. The van der Waals surface area contributed by atoms with Gasteiger partial charge in [0.2, 0.25) is 11.9 Å². The van der Waals surface area contributed by atoms with Gasteiger partial charge in [-0.2, -0.15) is 4.98 Å². The van der Waals surface area contributed by atoms with Crippen LogP contribution in [-0.2, 0) is 4.79 Å². The predicted molar refractivity (Wildman–Crippen MR) is 105 cm³/mol. The molecule has 0 spiro atoms. The Morgan fingerprint density at radius 2 is 1.96 bits per heavy atom. The molecule has 0 aliphatic heterocycles. The van der Waals surface area contributed by atoms with Crippen LogP contribution in [0, 0.1) is 5.82 Å². The number of aromatic nitrogens is 4. The Hall–Kier alpha value is -3.33. The molecule has 28 heavy (non-hydrogen) atoms. The summed E-state index contributed by atoms with van der Waals surface area (Å²) in [4.78, 5) is 27.8. The molecule has 2 aromatic heterocycles. The molecule has 8 nitrogen and oxygen atoms in total. The highest BCUT2D eigenvalue weighted by Gasteiger charge is 2.11. The van der Waals surface area contributed by atoms with Crippen LogP contribution in [0.25, 0.3) is 11.1 Å². The number of hydrogen-bond acceptors (Lipinski definition) is 7. The number of halogens is 2. The van der Waals surface area contributed by atoms with Gasteiger partial charge < -0.3 is 16.0 Å². The van der Waals surface area contributed by atoms with E-state index in [0.29, 0.717) is 36.1 Å². The Morgan fingerprint density at radius 1 is 1.18 bits per heavy atom. The summed E-state index contributed by atoms with van der Waals surface area (Å²) in [5.74, 6) is 0.209. The molecule has 0 unspecified atom stereocenters.